The lowest BCUT2D eigenvalue weighted by Gasteiger charge is -2.09. The minimum Gasteiger partial charge on any atom is -0.392 e. The highest BCUT2D eigenvalue weighted by Crippen LogP contribution is 2.04. The van der Waals surface area contributed by atoms with Gasteiger partial charge in [0.05, 0.1) is 6.61 Å². The Balaban J connectivity index is 0. The highest BCUT2D eigenvalue weighted by atomic mass is 16.7. The molecule has 0 radical (unpaired) electrons. The number of rotatable bonds is 6. The van der Waals surface area contributed by atoms with Gasteiger partial charge in [0.25, 0.3) is 0 Å². The van der Waals surface area contributed by atoms with Crippen LogP contribution in [-0.4, -0.2) is 30.4 Å². The number of aliphatic hydroxyl groups excluding tert-OH is 1. The Morgan fingerprint density at radius 2 is 1.57 bits per heavy atom. The average molecular weight is 296 g/mol. The molecule has 0 aliphatic carbocycles. The summed E-state index contributed by atoms with van der Waals surface area (Å²) in [6, 6.07) is 6.93. The SMILES string of the molecule is C=C.CC(=O)c1ccc(CO)cc1.CCOC(C)OCC. The second kappa shape index (κ2) is 14.9. The van der Waals surface area contributed by atoms with Crippen molar-refractivity contribution in [1.82, 2.24) is 0 Å². The summed E-state index contributed by atoms with van der Waals surface area (Å²) >= 11 is 0. The van der Waals surface area contributed by atoms with Gasteiger partial charge in [0, 0.05) is 18.8 Å². The van der Waals surface area contributed by atoms with E-state index < -0.39 is 0 Å². The second-order valence-electron chi connectivity index (χ2n) is 3.89. The van der Waals surface area contributed by atoms with Gasteiger partial charge in [-0.05, 0) is 33.3 Å². The third-order valence-corrected chi connectivity index (χ3v) is 2.35. The van der Waals surface area contributed by atoms with Crippen LogP contribution in [0.4, 0.5) is 0 Å². The van der Waals surface area contributed by atoms with Crippen LogP contribution in [0.15, 0.2) is 37.4 Å². The van der Waals surface area contributed by atoms with Gasteiger partial charge in [0.2, 0.25) is 0 Å². The molecule has 0 saturated carbocycles. The van der Waals surface area contributed by atoms with Crippen LogP contribution < -0.4 is 0 Å². The molecule has 0 bridgehead atoms. The topological polar surface area (TPSA) is 55.8 Å². The summed E-state index contributed by atoms with van der Waals surface area (Å²) in [5, 5.41) is 8.68. The quantitative estimate of drug-likeness (QED) is 0.495. The normalized spacial score (nSPS) is 9.24. The van der Waals surface area contributed by atoms with Crippen molar-refractivity contribution in [2.75, 3.05) is 13.2 Å². The number of ketones is 1. The van der Waals surface area contributed by atoms with Gasteiger partial charge in [-0.15, -0.1) is 13.2 Å². The fraction of sp³-hybridized carbons (Fsp3) is 0.471. The molecule has 0 aromatic heterocycles. The molecule has 0 heterocycles. The van der Waals surface area contributed by atoms with E-state index in [2.05, 4.69) is 13.2 Å². The molecule has 0 aliphatic heterocycles. The van der Waals surface area contributed by atoms with Crippen LogP contribution in [0.1, 0.15) is 43.6 Å². The Hall–Kier alpha value is -1.49. The lowest BCUT2D eigenvalue weighted by atomic mass is 10.1. The lowest BCUT2D eigenvalue weighted by molar-refractivity contribution is -0.123. The van der Waals surface area contributed by atoms with Crippen LogP contribution in [0.3, 0.4) is 0 Å². The van der Waals surface area contributed by atoms with Crippen LogP contribution in [0.25, 0.3) is 0 Å². The van der Waals surface area contributed by atoms with Crippen molar-refractivity contribution in [1.29, 1.82) is 0 Å². The molecular weight excluding hydrogens is 268 g/mol. The number of aliphatic hydroxyl groups is 1. The highest BCUT2D eigenvalue weighted by molar-refractivity contribution is 5.93. The minimum absolute atomic E-state index is 0.0260. The van der Waals surface area contributed by atoms with Gasteiger partial charge < -0.3 is 14.6 Å². The van der Waals surface area contributed by atoms with E-state index in [0.717, 1.165) is 18.8 Å². The Morgan fingerprint density at radius 1 is 1.14 bits per heavy atom. The molecule has 4 heteroatoms. The zero-order valence-electron chi connectivity index (χ0n) is 13.6. The number of carbonyl (C=O) groups excluding carboxylic acids is 1. The molecule has 0 atom stereocenters. The van der Waals surface area contributed by atoms with E-state index in [1.807, 2.05) is 20.8 Å². The van der Waals surface area contributed by atoms with Gasteiger partial charge in [0.1, 0.15) is 0 Å². The first kappa shape index (κ1) is 21.8. The second-order valence-corrected chi connectivity index (χ2v) is 3.89. The number of Topliss-reactive ketones (excluding diaryl/α,β-unsaturated/α-hetero) is 1. The minimum atomic E-state index is -0.0370. The maximum absolute atomic E-state index is 10.8. The first-order valence-electron chi connectivity index (χ1n) is 6.99. The Bertz CT molecular complexity index is 354. The van der Waals surface area contributed by atoms with E-state index in [1.165, 1.54) is 6.92 Å². The van der Waals surface area contributed by atoms with Gasteiger partial charge in [-0.3, -0.25) is 4.79 Å². The molecule has 1 N–H and O–H groups in total. The van der Waals surface area contributed by atoms with E-state index in [-0.39, 0.29) is 18.7 Å². The van der Waals surface area contributed by atoms with Crippen molar-refractivity contribution >= 4 is 5.78 Å². The first-order chi connectivity index (χ1) is 10.0. The molecule has 0 saturated heterocycles. The molecule has 1 rings (SSSR count). The number of ether oxygens (including phenoxy) is 2. The number of benzene rings is 1. The maximum Gasteiger partial charge on any atom is 0.159 e. The molecular formula is C17H28O4. The molecule has 4 nitrogen and oxygen atoms in total. The highest BCUT2D eigenvalue weighted by Gasteiger charge is 1.97. The van der Waals surface area contributed by atoms with Crippen LogP contribution >= 0.6 is 0 Å². The molecule has 1 aromatic rings. The van der Waals surface area contributed by atoms with Crippen LogP contribution in [0.2, 0.25) is 0 Å². The van der Waals surface area contributed by atoms with Gasteiger partial charge in [-0.1, -0.05) is 24.3 Å². The largest absolute Gasteiger partial charge is 0.392 e. The van der Waals surface area contributed by atoms with Crippen molar-refractivity contribution in [2.24, 2.45) is 0 Å². The predicted molar refractivity (Wildman–Crippen MR) is 86.3 cm³/mol. The molecule has 0 amide bonds. The van der Waals surface area contributed by atoms with Crippen molar-refractivity contribution in [2.45, 2.75) is 40.6 Å². The molecule has 0 aliphatic rings. The number of hydrogen-bond acceptors (Lipinski definition) is 4. The summed E-state index contributed by atoms with van der Waals surface area (Å²) in [5.41, 5.74) is 1.51. The van der Waals surface area contributed by atoms with E-state index in [4.69, 9.17) is 14.6 Å². The zero-order valence-corrected chi connectivity index (χ0v) is 13.6. The summed E-state index contributed by atoms with van der Waals surface area (Å²) in [6.45, 7) is 14.8. The van der Waals surface area contributed by atoms with E-state index in [9.17, 15) is 4.79 Å². The summed E-state index contributed by atoms with van der Waals surface area (Å²) in [7, 11) is 0. The first-order valence-corrected chi connectivity index (χ1v) is 6.99. The van der Waals surface area contributed by atoms with Crippen molar-refractivity contribution in [3.05, 3.63) is 48.6 Å². The Labute approximate surface area is 128 Å². The fourth-order valence-electron chi connectivity index (χ4n) is 1.36. The van der Waals surface area contributed by atoms with Crippen LogP contribution in [0, 0.1) is 0 Å². The van der Waals surface area contributed by atoms with Gasteiger partial charge >= 0.3 is 0 Å². The Morgan fingerprint density at radius 3 is 1.86 bits per heavy atom. The molecule has 21 heavy (non-hydrogen) atoms. The number of hydrogen-bond donors (Lipinski definition) is 1. The van der Waals surface area contributed by atoms with Crippen molar-refractivity contribution < 1.29 is 19.4 Å². The van der Waals surface area contributed by atoms with Crippen molar-refractivity contribution in [3.8, 4) is 0 Å². The smallest absolute Gasteiger partial charge is 0.159 e. The summed E-state index contributed by atoms with van der Waals surface area (Å²) in [5.74, 6) is 0.0505. The third-order valence-electron chi connectivity index (χ3n) is 2.35. The summed E-state index contributed by atoms with van der Waals surface area (Å²) in [4.78, 5) is 10.8. The number of carbonyl (C=O) groups is 1. The molecule has 1 aromatic carbocycles. The van der Waals surface area contributed by atoms with E-state index >= 15 is 0 Å². The van der Waals surface area contributed by atoms with E-state index in [0.29, 0.717) is 5.56 Å². The zero-order chi connectivity index (χ0) is 16.7. The fourth-order valence-corrected chi connectivity index (χ4v) is 1.36. The molecule has 0 spiro atoms. The third kappa shape index (κ3) is 12.0. The molecule has 120 valence electrons. The van der Waals surface area contributed by atoms with Crippen LogP contribution in [0.5, 0.6) is 0 Å². The van der Waals surface area contributed by atoms with Gasteiger partial charge in [-0.25, -0.2) is 0 Å². The van der Waals surface area contributed by atoms with Gasteiger partial charge in [-0.2, -0.15) is 0 Å². The standard InChI is InChI=1S/C9H10O2.C6H14O2.C2H4/c1-7(11)9-4-2-8(6-10)3-5-9;1-4-7-6(3)8-5-2;1-2/h2-5,10H,6H2,1H3;6H,4-5H2,1-3H3;1-2H2. The maximum atomic E-state index is 10.8. The lowest BCUT2D eigenvalue weighted by Crippen LogP contribution is -2.11. The average Bonchev–Trinajstić information content (AvgIpc) is 2.50. The predicted octanol–water partition coefficient (Wildman–Crippen LogP) is 3.59. The monoisotopic (exact) mass is 296 g/mol. The summed E-state index contributed by atoms with van der Waals surface area (Å²) < 4.78 is 10.1. The Kier molecular flexibility index (Phi) is 15.5. The van der Waals surface area contributed by atoms with Crippen molar-refractivity contribution in [3.63, 3.8) is 0 Å². The summed E-state index contributed by atoms with van der Waals surface area (Å²) in [6.07, 6.45) is -0.0370. The van der Waals surface area contributed by atoms with E-state index in [1.54, 1.807) is 24.3 Å². The molecule has 0 unspecified atom stereocenters. The van der Waals surface area contributed by atoms with Gasteiger partial charge in [0.15, 0.2) is 12.1 Å². The van der Waals surface area contributed by atoms with Crippen LogP contribution in [-0.2, 0) is 16.1 Å². The molecule has 0 fully saturated rings.